The molecular formula is C22H44N2O+2. The van der Waals surface area contributed by atoms with Crippen molar-refractivity contribution < 1.29 is 14.1 Å². The van der Waals surface area contributed by atoms with Gasteiger partial charge in [-0.15, -0.1) is 0 Å². The predicted molar refractivity (Wildman–Crippen MR) is 107 cm³/mol. The van der Waals surface area contributed by atoms with E-state index in [0.717, 1.165) is 36.5 Å². The van der Waals surface area contributed by atoms with Crippen LogP contribution < -0.4 is 0 Å². The van der Waals surface area contributed by atoms with E-state index in [-0.39, 0.29) is 6.10 Å². The van der Waals surface area contributed by atoms with E-state index in [1.807, 2.05) is 0 Å². The Balaban J connectivity index is 1.81. The second-order valence-corrected chi connectivity index (χ2v) is 9.32. The predicted octanol–water partition coefficient (Wildman–Crippen LogP) is 4.11. The lowest BCUT2D eigenvalue weighted by molar-refractivity contribution is -0.939. The Morgan fingerprint density at radius 1 is 1.00 bits per heavy atom. The number of likely N-dealkylation sites (tertiary alicyclic amines) is 2. The molecule has 0 amide bonds. The highest BCUT2D eigenvalue weighted by Crippen LogP contribution is 2.29. The highest BCUT2D eigenvalue weighted by Gasteiger charge is 2.36. The first-order valence-electron chi connectivity index (χ1n) is 10.9. The first-order valence-corrected chi connectivity index (χ1v) is 10.9. The summed E-state index contributed by atoms with van der Waals surface area (Å²) in [5.41, 5.74) is 0. The van der Waals surface area contributed by atoms with E-state index in [1.54, 1.807) is 0 Å². The quantitative estimate of drug-likeness (QED) is 0.489. The number of rotatable bonds is 9. The van der Waals surface area contributed by atoms with Crippen molar-refractivity contribution in [2.75, 3.05) is 40.3 Å². The van der Waals surface area contributed by atoms with Crippen molar-refractivity contribution in [1.29, 1.82) is 0 Å². The van der Waals surface area contributed by atoms with E-state index >= 15 is 0 Å². The molecule has 2 saturated heterocycles. The minimum absolute atomic E-state index is 0.138. The number of hydrogen-bond donors (Lipinski definition) is 1. The minimum Gasteiger partial charge on any atom is -0.393 e. The van der Waals surface area contributed by atoms with Gasteiger partial charge in [-0.1, -0.05) is 19.9 Å². The molecule has 2 rings (SSSR count). The van der Waals surface area contributed by atoms with Gasteiger partial charge in [-0.2, -0.15) is 0 Å². The summed E-state index contributed by atoms with van der Waals surface area (Å²) < 4.78 is 2.29. The zero-order valence-electron chi connectivity index (χ0n) is 17.3. The fraction of sp³-hybridized carbons (Fsp3) is 0.909. The van der Waals surface area contributed by atoms with Gasteiger partial charge < -0.3 is 14.1 Å². The first kappa shape index (κ1) is 20.9. The molecular weight excluding hydrogens is 308 g/mol. The van der Waals surface area contributed by atoms with Gasteiger partial charge in [0, 0.05) is 19.3 Å². The van der Waals surface area contributed by atoms with E-state index in [4.69, 9.17) is 0 Å². The topological polar surface area (TPSA) is 20.2 Å². The van der Waals surface area contributed by atoms with Crippen LogP contribution in [0.4, 0.5) is 0 Å². The van der Waals surface area contributed by atoms with E-state index < -0.39 is 0 Å². The Hall–Kier alpha value is -0.380. The fourth-order valence-corrected chi connectivity index (χ4v) is 5.42. The van der Waals surface area contributed by atoms with E-state index in [1.165, 1.54) is 68.9 Å². The monoisotopic (exact) mass is 352 g/mol. The molecule has 2 heterocycles. The molecule has 1 N–H and O–H groups in total. The molecule has 2 fully saturated rings. The zero-order valence-corrected chi connectivity index (χ0v) is 17.3. The molecule has 0 radical (unpaired) electrons. The molecule has 0 bridgehead atoms. The van der Waals surface area contributed by atoms with Crippen molar-refractivity contribution in [3.63, 3.8) is 0 Å². The Morgan fingerprint density at radius 3 is 2.24 bits per heavy atom. The van der Waals surface area contributed by atoms with Gasteiger partial charge in [0.2, 0.25) is 0 Å². The Kier molecular flexibility index (Phi) is 7.97. The highest BCUT2D eigenvalue weighted by atomic mass is 16.3. The fourth-order valence-electron chi connectivity index (χ4n) is 5.42. The van der Waals surface area contributed by atoms with Gasteiger partial charge in [-0.3, -0.25) is 0 Å². The van der Waals surface area contributed by atoms with Gasteiger partial charge in [0.05, 0.1) is 52.4 Å². The van der Waals surface area contributed by atoms with Crippen molar-refractivity contribution in [2.45, 2.75) is 89.3 Å². The van der Waals surface area contributed by atoms with Crippen LogP contribution in [0.15, 0.2) is 12.7 Å². The van der Waals surface area contributed by atoms with Crippen LogP contribution in [-0.4, -0.2) is 72.5 Å². The summed E-state index contributed by atoms with van der Waals surface area (Å²) in [5.74, 6) is 0. The van der Waals surface area contributed by atoms with Crippen LogP contribution in [-0.2, 0) is 0 Å². The smallest absolute Gasteiger partial charge is 0.107 e. The lowest BCUT2D eigenvalue weighted by atomic mass is 9.94. The molecule has 2 aliphatic heterocycles. The molecule has 0 spiro atoms. The summed E-state index contributed by atoms with van der Waals surface area (Å²) in [4.78, 5) is 0. The summed E-state index contributed by atoms with van der Waals surface area (Å²) in [6, 6.07) is 1.41. The molecule has 3 nitrogen and oxygen atoms in total. The van der Waals surface area contributed by atoms with Gasteiger partial charge in [0.15, 0.2) is 0 Å². The van der Waals surface area contributed by atoms with Crippen molar-refractivity contribution in [1.82, 2.24) is 0 Å². The van der Waals surface area contributed by atoms with Gasteiger partial charge in [0.25, 0.3) is 0 Å². The standard InChI is InChI=1S/C22H44N2O/c1-5-11-21-13-8-10-17-24(21,4)19-15-22(25)14-18-23(3)16-9-7-12-20(23)6-2/h6,20-22,25H,2,5,7-19H2,1,3-4H3/q+2. The Labute approximate surface area is 156 Å². The number of nitrogens with zero attached hydrogens (tertiary/aromatic N) is 2. The summed E-state index contributed by atoms with van der Waals surface area (Å²) in [6.07, 6.45) is 14.6. The molecule has 5 unspecified atom stereocenters. The van der Waals surface area contributed by atoms with Crippen molar-refractivity contribution >= 4 is 0 Å². The molecule has 0 aliphatic carbocycles. The van der Waals surface area contributed by atoms with Gasteiger partial charge >= 0.3 is 0 Å². The van der Waals surface area contributed by atoms with Crippen LogP contribution in [0.5, 0.6) is 0 Å². The third-order valence-corrected chi connectivity index (χ3v) is 7.40. The lowest BCUT2D eigenvalue weighted by Crippen LogP contribution is -2.56. The van der Waals surface area contributed by atoms with Crippen LogP contribution in [0.25, 0.3) is 0 Å². The zero-order chi connectivity index (χ0) is 18.3. The highest BCUT2D eigenvalue weighted by molar-refractivity contribution is 4.83. The molecule has 2 aliphatic rings. The second kappa shape index (κ2) is 9.53. The first-order chi connectivity index (χ1) is 11.9. The molecule has 0 aromatic rings. The maximum absolute atomic E-state index is 10.7. The van der Waals surface area contributed by atoms with E-state index in [0.29, 0.717) is 6.04 Å². The van der Waals surface area contributed by atoms with Crippen molar-refractivity contribution in [3.8, 4) is 0 Å². The van der Waals surface area contributed by atoms with Crippen LogP contribution in [0.3, 0.4) is 0 Å². The molecule has 0 aromatic heterocycles. The summed E-state index contributed by atoms with van der Waals surface area (Å²) in [7, 11) is 4.81. The normalized spacial score (nSPS) is 37.6. The third-order valence-electron chi connectivity index (χ3n) is 7.40. The van der Waals surface area contributed by atoms with Gasteiger partial charge in [-0.05, 0) is 44.6 Å². The summed E-state index contributed by atoms with van der Waals surface area (Å²) in [6.45, 7) is 11.2. The Morgan fingerprint density at radius 2 is 1.60 bits per heavy atom. The lowest BCUT2D eigenvalue weighted by Gasteiger charge is -2.46. The average Bonchev–Trinajstić information content (AvgIpc) is 2.61. The van der Waals surface area contributed by atoms with Crippen molar-refractivity contribution in [2.24, 2.45) is 0 Å². The molecule has 0 saturated carbocycles. The molecule has 146 valence electrons. The maximum atomic E-state index is 10.7. The Bertz CT molecular complexity index is 411. The largest absolute Gasteiger partial charge is 0.393 e. The van der Waals surface area contributed by atoms with E-state index in [9.17, 15) is 5.11 Å². The van der Waals surface area contributed by atoms with Gasteiger partial charge in [-0.25, -0.2) is 0 Å². The van der Waals surface area contributed by atoms with Crippen LogP contribution >= 0.6 is 0 Å². The van der Waals surface area contributed by atoms with Crippen molar-refractivity contribution in [3.05, 3.63) is 12.7 Å². The molecule has 25 heavy (non-hydrogen) atoms. The van der Waals surface area contributed by atoms with E-state index in [2.05, 4.69) is 33.7 Å². The molecule has 3 heteroatoms. The number of likely N-dealkylation sites (N-methyl/N-ethyl adjacent to an activating group) is 1. The third kappa shape index (κ3) is 5.55. The second-order valence-electron chi connectivity index (χ2n) is 9.32. The van der Waals surface area contributed by atoms with Gasteiger partial charge in [0.1, 0.15) is 6.04 Å². The maximum Gasteiger partial charge on any atom is 0.107 e. The number of aliphatic hydroxyl groups excluding tert-OH is 1. The SMILES string of the molecule is C=CC1CCCC[N+]1(C)CCC(O)CC[N+]1(C)CCCCC1CCC. The minimum atomic E-state index is -0.138. The molecule has 0 aromatic carbocycles. The number of quaternary nitrogens is 2. The number of aliphatic hydroxyl groups is 1. The molecule has 5 atom stereocenters. The van der Waals surface area contributed by atoms with Crippen LogP contribution in [0.1, 0.15) is 71.1 Å². The summed E-state index contributed by atoms with van der Waals surface area (Å²) >= 11 is 0. The number of hydrogen-bond acceptors (Lipinski definition) is 1. The van der Waals surface area contributed by atoms with Crippen LogP contribution in [0, 0.1) is 0 Å². The van der Waals surface area contributed by atoms with Crippen LogP contribution in [0.2, 0.25) is 0 Å². The number of piperidine rings is 2. The summed E-state index contributed by atoms with van der Waals surface area (Å²) in [5, 5.41) is 10.7. The average molecular weight is 353 g/mol.